The lowest BCUT2D eigenvalue weighted by atomic mass is 10.1. The van der Waals surface area contributed by atoms with Crippen molar-refractivity contribution in [2.75, 3.05) is 0 Å². The summed E-state index contributed by atoms with van der Waals surface area (Å²) in [6.07, 6.45) is 0.983. The van der Waals surface area contributed by atoms with Gasteiger partial charge in [-0.15, -0.1) is 0 Å². The van der Waals surface area contributed by atoms with Gasteiger partial charge in [0.25, 0.3) is 0 Å². The maximum absolute atomic E-state index is 12.3. The summed E-state index contributed by atoms with van der Waals surface area (Å²) in [5.74, 6) is -1.39. The Morgan fingerprint density at radius 1 is 1.33 bits per heavy atom. The van der Waals surface area contributed by atoms with Gasteiger partial charge in [0.05, 0.1) is 24.0 Å². The molecule has 58 valence electrons. The third-order valence-electron chi connectivity index (χ3n) is 1.30. The summed E-state index contributed by atoms with van der Waals surface area (Å²) in [5.41, 5.74) is 0.279. The van der Waals surface area contributed by atoms with Crippen molar-refractivity contribution in [3.63, 3.8) is 0 Å². The van der Waals surface area contributed by atoms with Gasteiger partial charge in [0.1, 0.15) is 5.82 Å². The maximum atomic E-state index is 12.3. The van der Waals surface area contributed by atoms with Crippen molar-refractivity contribution >= 4 is 0 Å². The molecule has 0 radical (unpaired) electrons. The zero-order chi connectivity index (χ0) is 8.97. The molecule has 1 rings (SSSR count). The van der Waals surface area contributed by atoms with Crippen molar-refractivity contribution in [3.8, 4) is 12.1 Å². The summed E-state index contributed by atoms with van der Waals surface area (Å²) in [4.78, 5) is 3.60. The van der Waals surface area contributed by atoms with E-state index >= 15 is 0 Å². The summed E-state index contributed by atoms with van der Waals surface area (Å²) in [7, 11) is 0. The van der Waals surface area contributed by atoms with Gasteiger partial charge in [0.2, 0.25) is 0 Å². The monoisotopic (exact) mass is 161 g/mol. The van der Waals surface area contributed by atoms with E-state index in [9.17, 15) is 4.39 Å². The molecule has 0 atom stereocenters. The number of nitriles is 2. The number of hydrogen-bond acceptors (Lipinski definition) is 3. The quantitative estimate of drug-likeness (QED) is 0.624. The Hall–Kier alpha value is -1.94. The first-order valence-corrected chi connectivity index (χ1v) is 3.18. The van der Waals surface area contributed by atoms with Crippen LogP contribution in [0.25, 0.3) is 0 Å². The fraction of sp³-hybridized carbons (Fsp3) is 0.125. The summed E-state index contributed by atoms with van der Waals surface area (Å²) >= 11 is 0. The zero-order valence-electron chi connectivity index (χ0n) is 6.03. The number of pyridine rings is 1. The van der Waals surface area contributed by atoms with Gasteiger partial charge in [-0.1, -0.05) is 0 Å². The van der Waals surface area contributed by atoms with E-state index in [2.05, 4.69) is 4.98 Å². The molecule has 0 unspecified atom stereocenters. The Balaban J connectivity index is 2.99. The SMILES string of the molecule is N#CC(C#N)c1ccc(F)cn1. The lowest BCUT2D eigenvalue weighted by Crippen LogP contribution is -1.95. The second-order valence-corrected chi connectivity index (χ2v) is 2.09. The number of halogens is 1. The van der Waals surface area contributed by atoms with Gasteiger partial charge in [0.15, 0.2) is 5.92 Å². The van der Waals surface area contributed by atoms with Gasteiger partial charge in [0, 0.05) is 0 Å². The molecule has 0 spiro atoms. The molecule has 0 N–H and O–H groups in total. The van der Waals surface area contributed by atoms with Crippen molar-refractivity contribution < 1.29 is 4.39 Å². The van der Waals surface area contributed by atoms with Crippen LogP contribution < -0.4 is 0 Å². The highest BCUT2D eigenvalue weighted by Crippen LogP contribution is 2.10. The number of nitrogens with zero attached hydrogens (tertiary/aromatic N) is 3. The number of aromatic nitrogens is 1. The molecule has 1 aromatic rings. The predicted octanol–water partition coefficient (Wildman–Crippen LogP) is 1.35. The lowest BCUT2D eigenvalue weighted by Gasteiger charge is -1.96. The van der Waals surface area contributed by atoms with Crippen LogP contribution in [-0.4, -0.2) is 4.98 Å². The third-order valence-corrected chi connectivity index (χ3v) is 1.30. The van der Waals surface area contributed by atoms with E-state index in [1.165, 1.54) is 12.1 Å². The summed E-state index contributed by atoms with van der Waals surface area (Å²) in [5, 5.41) is 16.9. The molecule has 3 nitrogen and oxygen atoms in total. The fourth-order valence-electron chi connectivity index (χ4n) is 0.719. The minimum atomic E-state index is -0.911. The molecule has 4 heteroatoms. The molecule has 1 aromatic heterocycles. The van der Waals surface area contributed by atoms with Crippen LogP contribution >= 0.6 is 0 Å². The molecule has 0 amide bonds. The Bertz CT molecular complexity index is 330. The molecule has 0 aromatic carbocycles. The molecular weight excluding hydrogens is 157 g/mol. The second-order valence-electron chi connectivity index (χ2n) is 2.09. The van der Waals surface area contributed by atoms with Crippen molar-refractivity contribution in [2.45, 2.75) is 5.92 Å². The average Bonchev–Trinajstić information content (AvgIpc) is 2.10. The Morgan fingerprint density at radius 2 is 2.00 bits per heavy atom. The van der Waals surface area contributed by atoms with Crippen LogP contribution in [0, 0.1) is 28.5 Å². The molecule has 0 fully saturated rings. The Labute approximate surface area is 68.7 Å². The minimum Gasteiger partial charge on any atom is -0.256 e. The van der Waals surface area contributed by atoms with E-state index in [1.54, 1.807) is 12.1 Å². The van der Waals surface area contributed by atoms with E-state index < -0.39 is 11.7 Å². The van der Waals surface area contributed by atoms with Gasteiger partial charge in [-0.3, -0.25) is 4.98 Å². The van der Waals surface area contributed by atoms with Crippen LogP contribution in [0.15, 0.2) is 18.3 Å². The zero-order valence-corrected chi connectivity index (χ0v) is 6.03. The third kappa shape index (κ3) is 1.56. The summed E-state index contributed by atoms with van der Waals surface area (Å²) < 4.78 is 12.3. The van der Waals surface area contributed by atoms with E-state index in [-0.39, 0.29) is 5.69 Å². The molecular formula is C8H4FN3. The summed E-state index contributed by atoms with van der Waals surface area (Å²) in [6, 6.07) is 5.98. The van der Waals surface area contributed by atoms with Crippen LogP contribution in [0.3, 0.4) is 0 Å². The van der Waals surface area contributed by atoms with E-state index in [0.717, 1.165) is 6.20 Å². The lowest BCUT2D eigenvalue weighted by molar-refractivity contribution is 0.619. The van der Waals surface area contributed by atoms with Gasteiger partial charge in [-0.2, -0.15) is 10.5 Å². The van der Waals surface area contributed by atoms with Gasteiger partial charge < -0.3 is 0 Å². The standard InChI is InChI=1S/C8H4FN3/c9-7-1-2-8(12-5-7)6(3-10)4-11/h1-2,5-6H. The van der Waals surface area contributed by atoms with Crippen molar-refractivity contribution in [2.24, 2.45) is 0 Å². The fourth-order valence-corrected chi connectivity index (χ4v) is 0.719. The van der Waals surface area contributed by atoms with Gasteiger partial charge >= 0.3 is 0 Å². The van der Waals surface area contributed by atoms with Crippen molar-refractivity contribution in [1.29, 1.82) is 10.5 Å². The maximum Gasteiger partial charge on any atom is 0.175 e. The van der Waals surface area contributed by atoms with Crippen LogP contribution in [0.2, 0.25) is 0 Å². The molecule has 1 heterocycles. The molecule has 0 aliphatic carbocycles. The van der Waals surface area contributed by atoms with Crippen LogP contribution in [-0.2, 0) is 0 Å². The highest BCUT2D eigenvalue weighted by atomic mass is 19.1. The molecule has 12 heavy (non-hydrogen) atoms. The highest BCUT2D eigenvalue weighted by Gasteiger charge is 2.09. The van der Waals surface area contributed by atoms with Gasteiger partial charge in [-0.25, -0.2) is 4.39 Å². The van der Waals surface area contributed by atoms with Crippen molar-refractivity contribution in [1.82, 2.24) is 4.98 Å². The van der Waals surface area contributed by atoms with Gasteiger partial charge in [-0.05, 0) is 12.1 Å². The van der Waals surface area contributed by atoms with Crippen LogP contribution in [0.4, 0.5) is 4.39 Å². The molecule has 0 saturated heterocycles. The molecule has 0 aliphatic heterocycles. The number of rotatable bonds is 1. The molecule has 0 bridgehead atoms. The molecule has 0 aliphatic rings. The average molecular weight is 161 g/mol. The normalized spacial score (nSPS) is 9.00. The predicted molar refractivity (Wildman–Crippen MR) is 38.2 cm³/mol. The van der Waals surface area contributed by atoms with Crippen molar-refractivity contribution in [3.05, 3.63) is 29.8 Å². The first kappa shape index (κ1) is 8.16. The topological polar surface area (TPSA) is 60.5 Å². The Kier molecular flexibility index (Phi) is 2.35. The Morgan fingerprint density at radius 3 is 2.42 bits per heavy atom. The smallest absolute Gasteiger partial charge is 0.175 e. The first-order chi connectivity index (χ1) is 5.77. The second kappa shape index (κ2) is 3.45. The highest BCUT2D eigenvalue weighted by molar-refractivity contribution is 5.24. The van der Waals surface area contributed by atoms with E-state index in [0.29, 0.717) is 0 Å². The number of hydrogen-bond donors (Lipinski definition) is 0. The minimum absolute atomic E-state index is 0.279. The first-order valence-electron chi connectivity index (χ1n) is 3.18. The molecule has 0 saturated carbocycles. The van der Waals surface area contributed by atoms with Crippen LogP contribution in [0.5, 0.6) is 0 Å². The summed E-state index contributed by atoms with van der Waals surface area (Å²) in [6.45, 7) is 0. The van der Waals surface area contributed by atoms with Crippen LogP contribution in [0.1, 0.15) is 11.6 Å². The largest absolute Gasteiger partial charge is 0.256 e. The van der Waals surface area contributed by atoms with E-state index in [1.807, 2.05) is 0 Å². The van der Waals surface area contributed by atoms with E-state index in [4.69, 9.17) is 10.5 Å².